The van der Waals surface area contributed by atoms with Crippen molar-refractivity contribution in [3.05, 3.63) is 0 Å². The Balaban J connectivity index is 2.23. The predicted octanol–water partition coefficient (Wildman–Crippen LogP) is 1.78. The fraction of sp³-hybridized carbons (Fsp3) is 1.00. The highest BCUT2D eigenvalue weighted by molar-refractivity contribution is 4.73. The molecular weight excluding hydrogens is 110 g/mol. The molecule has 9 heavy (non-hydrogen) atoms. The maximum Gasteiger partial charge on any atom is 0.00666 e. The second kappa shape index (κ2) is 3.21. The van der Waals surface area contributed by atoms with Gasteiger partial charge in [0.05, 0.1) is 0 Å². The maximum atomic E-state index is 3.33. The average Bonchev–Trinajstić information content (AvgIpc) is 1.88. The van der Waals surface area contributed by atoms with E-state index in [2.05, 4.69) is 19.3 Å². The van der Waals surface area contributed by atoms with Gasteiger partial charge in [0.15, 0.2) is 0 Å². The van der Waals surface area contributed by atoms with Crippen LogP contribution in [0, 0.1) is 5.92 Å². The van der Waals surface area contributed by atoms with Crippen molar-refractivity contribution < 1.29 is 0 Å². The van der Waals surface area contributed by atoms with E-state index in [0.29, 0.717) is 0 Å². The lowest BCUT2D eigenvalue weighted by Gasteiger charge is -2.25. The van der Waals surface area contributed by atoms with Gasteiger partial charge in [-0.2, -0.15) is 0 Å². The molecule has 1 heteroatoms. The molecule has 1 aliphatic rings. The van der Waals surface area contributed by atoms with E-state index in [4.69, 9.17) is 0 Å². The molecule has 1 nitrogen and oxygen atoms in total. The molecule has 0 spiro atoms. The van der Waals surface area contributed by atoms with Gasteiger partial charge in [-0.1, -0.05) is 19.8 Å². The molecule has 1 fully saturated rings. The van der Waals surface area contributed by atoms with Gasteiger partial charge >= 0.3 is 0 Å². The minimum atomic E-state index is 0.814. The summed E-state index contributed by atoms with van der Waals surface area (Å²) in [6.45, 7) is 2.35. The Labute approximate surface area is 57.8 Å². The first-order chi connectivity index (χ1) is 4.33. The lowest BCUT2D eigenvalue weighted by atomic mass is 9.87. The van der Waals surface area contributed by atoms with Gasteiger partial charge < -0.3 is 5.32 Å². The first-order valence-electron chi connectivity index (χ1n) is 4.00. The van der Waals surface area contributed by atoms with Crippen LogP contribution in [-0.2, 0) is 0 Å². The second-order valence-electron chi connectivity index (χ2n) is 3.26. The highest BCUT2D eigenvalue weighted by Gasteiger charge is 2.16. The number of hydrogen-bond acceptors (Lipinski definition) is 1. The number of hydrogen-bond donors (Lipinski definition) is 1. The smallest absolute Gasteiger partial charge is 0.00666 e. The fourth-order valence-corrected chi connectivity index (χ4v) is 1.70. The molecule has 0 aromatic carbocycles. The van der Waals surface area contributed by atoms with Gasteiger partial charge in [0, 0.05) is 6.04 Å². The van der Waals surface area contributed by atoms with Crippen LogP contribution in [0.15, 0.2) is 0 Å². The van der Waals surface area contributed by atoms with Crippen molar-refractivity contribution in [1.82, 2.24) is 5.32 Å². The van der Waals surface area contributed by atoms with E-state index in [-0.39, 0.29) is 0 Å². The van der Waals surface area contributed by atoms with Crippen molar-refractivity contribution in [1.29, 1.82) is 0 Å². The summed E-state index contributed by atoms with van der Waals surface area (Å²) in [6, 6.07) is 0.814. The van der Waals surface area contributed by atoms with Crippen molar-refractivity contribution in [2.45, 2.75) is 38.6 Å². The zero-order valence-electron chi connectivity index (χ0n) is 6.48. The van der Waals surface area contributed by atoms with Crippen LogP contribution in [0.5, 0.6) is 0 Å². The van der Waals surface area contributed by atoms with E-state index in [1.54, 1.807) is 0 Å². The first kappa shape index (κ1) is 7.07. The Morgan fingerprint density at radius 1 is 1.33 bits per heavy atom. The summed E-state index contributed by atoms with van der Waals surface area (Å²) in [4.78, 5) is 0. The minimum absolute atomic E-state index is 0.814. The normalized spacial score (nSPS) is 36.7. The van der Waals surface area contributed by atoms with Crippen molar-refractivity contribution >= 4 is 0 Å². The van der Waals surface area contributed by atoms with Crippen molar-refractivity contribution in [2.24, 2.45) is 5.92 Å². The number of nitrogens with one attached hydrogen (secondary N) is 1. The zero-order chi connectivity index (χ0) is 6.69. The van der Waals surface area contributed by atoms with Crippen LogP contribution >= 0.6 is 0 Å². The molecule has 1 saturated carbocycles. The van der Waals surface area contributed by atoms with Gasteiger partial charge in [-0.05, 0) is 25.8 Å². The third-order valence-corrected chi connectivity index (χ3v) is 2.34. The largest absolute Gasteiger partial charge is 0.317 e. The fourth-order valence-electron chi connectivity index (χ4n) is 1.70. The van der Waals surface area contributed by atoms with Gasteiger partial charge in [-0.25, -0.2) is 0 Å². The lowest BCUT2D eigenvalue weighted by Crippen LogP contribution is -2.30. The summed E-state index contributed by atoms with van der Waals surface area (Å²) in [6.07, 6.45) is 5.64. The molecule has 1 aliphatic carbocycles. The van der Waals surface area contributed by atoms with E-state index in [0.717, 1.165) is 12.0 Å². The molecule has 0 aromatic heterocycles. The monoisotopic (exact) mass is 127 g/mol. The molecule has 54 valence electrons. The maximum absolute atomic E-state index is 3.33. The van der Waals surface area contributed by atoms with Crippen LogP contribution in [0.2, 0.25) is 0 Å². The predicted molar refractivity (Wildman–Crippen MR) is 40.5 cm³/mol. The molecule has 0 radical (unpaired) electrons. The van der Waals surface area contributed by atoms with Gasteiger partial charge in [0.25, 0.3) is 0 Å². The summed E-state index contributed by atoms with van der Waals surface area (Å²) in [5, 5.41) is 3.33. The van der Waals surface area contributed by atoms with E-state index >= 15 is 0 Å². The molecule has 0 amide bonds. The van der Waals surface area contributed by atoms with Gasteiger partial charge in [-0.3, -0.25) is 0 Å². The van der Waals surface area contributed by atoms with Crippen molar-refractivity contribution in [2.75, 3.05) is 7.05 Å². The van der Waals surface area contributed by atoms with E-state index < -0.39 is 0 Å². The van der Waals surface area contributed by atoms with Crippen LogP contribution in [0.1, 0.15) is 32.6 Å². The van der Waals surface area contributed by atoms with Crippen molar-refractivity contribution in [3.63, 3.8) is 0 Å². The molecule has 0 bridgehead atoms. The van der Waals surface area contributed by atoms with Crippen LogP contribution in [0.25, 0.3) is 0 Å². The second-order valence-corrected chi connectivity index (χ2v) is 3.26. The van der Waals surface area contributed by atoms with Crippen LogP contribution < -0.4 is 5.32 Å². The third-order valence-electron chi connectivity index (χ3n) is 2.34. The molecular formula is C8H17N. The first-order valence-corrected chi connectivity index (χ1v) is 4.00. The third kappa shape index (κ3) is 1.98. The Kier molecular flexibility index (Phi) is 2.52. The Morgan fingerprint density at radius 2 is 2.11 bits per heavy atom. The molecule has 2 atom stereocenters. The summed E-state index contributed by atoms with van der Waals surface area (Å²) < 4.78 is 0. The van der Waals surface area contributed by atoms with E-state index in [1.807, 2.05) is 0 Å². The van der Waals surface area contributed by atoms with Crippen LogP contribution in [0.4, 0.5) is 0 Å². The minimum Gasteiger partial charge on any atom is -0.317 e. The summed E-state index contributed by atoms with van der Waals surface area (Å²) in [5.74, 6) is 0.955. The molecule has 1 N–H and O–H groups in total. The van der Waals surface area contributed by atoms with E-state index in [9.17, 15) is 0 Å². The Hall–Kier alpha value is -0.0400. The van der Waals surface area contributed by atoms with E-state index in [1.165, 1.54) is 25.7 Å². The van der Waals surface area contributed by atoms with Gasteiger partial charge in [0.1, 0.15) is 0 Å². The quantitative estimate of drug-likeness (QED) is 0.566. The summed E-state index contributed by atoms with van der Waals surface area (Å²) >= 11 is 0. The molecule has 1 rings (SSSR count). The summed E-state index contributed by atoms with van der Waals surface area (Å²) in [5.41, 5.74) is 0. The average molecular weight is 127 g/mol. The highest BCUT2D eigenvalue weighted by Crippen LogP contribution is 2.22. The van der Waals surface area contributed by atoms with Crippen LogP contribution in [0.3, 0.4) is 0 Å². The Morgan fingerprint density at radius 3 is 2.56 bits per heavy atom. The standard InChI is InChI=1S/C8H17N/c1-7-4-3-5-8(6-7)9-2/h7-9H,3-6H2,1-2H3. The number of rotatable bonds is 1. The highest BCUT2D eigenvalue weighted by atomic mass is 14.9. The molecule has 0 aromatic rings. The SMILES string of the molecule is CNC1CCCC(C)C1. The summed E-state index contributed by atoms with van der Waals surface area (Å²) in [7, 11) is 2.07. The molecule has 0 saturated heterocycles. The van der Waals surface area contributed by atoms with Crippen molar-refractivity contribution in [3.8, 4) is 0 Å². The topological polar surface area (TPSA) is 12.0 Å². The van der Waals surface area contributed by atoms with Crippen LogP contribution in [-0.4, -0.2) is 13.1 Å². The lowest BCUT2D eigenvalue weighted by molar-refractivity contribution is 0.314. The molecule has 0 aliphatic heterocycles. The van der Waals surface area contributed by atoms with Gasteiger partial charge in [0.2, 0.25) is 0 Å². The molecule has 0 heterocycles. The Bertz CT molecular complexity index is 80.6. The van der Waals surface area contributed by atoms with Gasteiger partial charge in [-0.15, -0.1) is 0 Å². The molecule has 2 unspecified atom stereocenters. The zero-order valence-corrected chi connectivity index (χ0v) is 6.48.